The van der Waals surface area contributed by atoms with Crippen molar-refractivity contribution in [2.45, 2.75) is 35.2 Å². The first-order valence-electron chi connectivity index (χ1n) is 7.24. The smallest absolute Gasteiger partial charge is 0.236 e. The molecule has 0 N–H and O–H groups in total. The van der Waals surface area contributed by atoms with E-state index < -0.39 is 0 Å². The van der Waals surface area contributed by atoms with E-state index in [4.69, 9.17) is 0 Å². The van der Waals surface area contributed by atoms with Crippen molar-refractivity contribution in [1.29, 1.82) is 0 Å². The van der Waals surface area contributed by atoms with E-state index in [9.17, 15) is 9.59 Å². The van der Waals surface area contributed by atoms with Crippen LogP contribution >= 0.6 is 34.9 Å². The number of fused-ring (bicyclic) bond motifs is 1. The predicted octanol–water partition coefficient (Wildman–Crippen LogP) is 2.33. The highest BCUT2D eigenvalue weighted by molar-refractivity contribution is 8.01. The van der Waals surface area contributed by atoms with Gasteiger partial charge in [0, 0.05) is 11.8 Å². The lowest BCUT2D eigenvalue weighted by molar-refractivity contribution is -0.118. The second-order valence-electron chi connectivity index (χ2n) is 5.60. The van der Waals surface area contributed by atoms with Crippen molar-refractivity contribution in [3.63, 3.8) is 0 Å². The van der Waals surface area contributed by atoms with Crippen LogP contribution in [0.2, 0.25) is 0 Å². The van der Waals surface area contributed by atoms with E-state index in [0.29, 0.717) is 33.2 Å². The van der Waals surface area contributed by atoms with E-state index >= 15 is 0 Å². The van der Waals surface area contributed by atoms with Crippen molar-refractivity contribution in [2.24, 2.45) is 11.8 Å². The molecule has 22 heavy (non-hydrogen) atoms. The van der Waals surface area contributed by atoms with Gasteiger partial charge in [-0.3, -0.25) is 9.59 Å². The summed E-state index contributed by atoms with van der Waals surface area (Å²) >= 11 is 4.30. The number of carbonyl (C=O) groups excluding carboxylic acids is 2. The minimum atomic E-state index is 0.269. The molecule has 2 aliphatic rings. The number of hydrogen-bond donors (Lipinski definition) is 0. The molecular weight excluding hydrogens is 340 g/mol. The van der Waals surface area contributed by atoms with Gasteiger partial charge in [-0.05, 0) is 25.7 Å². The molecule has 0 aliphatic heterocycles. The second kappa shape index (κ2) is 5.93. The summed E-state index contributed by atoms with van der Waals surface area (Å²) < 4.78 is 2.51. The zero-order valence-electron chi connectivity index (χ0n) is 11.7. The number of carbonyl (C=O) groups is 2. The summed E-state index contributed by atoms with van der Waals surface area (Å²) in [5.74, 6) is 2.09. The lowest BCUT2D eigenvalue weighted by atomic mass is 10.3. The fraction of sp³-hybridized carbons (Fsp3) is 0.615. The molecule has 0 radical (unpaired) electrons. The number of Topliss-reactive ketones (excluding diaryl/α,β-unsaturated/α-hetero) is 2. The van der Waals surface area contributed by atoms with Gasteiger partial charge in [0.2, 0.25) is 10.1 Å². The average molecular weight is 354 g/mol. The minimum Gasteiger partial charge on any atom is -0.298 e. The highest BCUT2D eigenvalue weighted by Crippen LogP contribution is 2.34. The Morgan fingerprint density at radius 1 is 1.05 bits per heavy atom. The summed E-state index contributed by atoms with van der Waals surface area (Å²) in [4.78, 5) is 24.2. The third kappa shape index (κ3) is 3.21. The molecule has 0 saturated heterocycles. The van der Waals surface area contributed by atoms with Crippen LogP contribution in [-0.4, -0.2) is 42.9 Å². The van der Waals surface area contributed by atoms with Crippen LogP contribution in [-0.2, 0) is 9.59 Å². The summed E-state index contributed by atoms with van der Waals surface area (Å²) in [5, 5.41) is 13.3. The van der Waals surface area contributed by atoms with Crippen LogP contribution in [0.3, 0.4) is 0 Å². The van der Waals surface area contributed by atoms with E-state index in [1.165, 1.54) is 34.9 Å². The molecule has 6 nitrogen and oxygen atoms in total. The van der Waals surface area contributed by atoms with Gasteiger partial charge < -0.3 is 0 Å². The molecule has 2 aliphatic carbocycles. The van der Waals surface area contributed by atoms with Gasteiger partial charge in [0.05, 0.1) is 11.5 Å². The standard InChI is InChI=1S/C13H14N4O2S3/c18-9(7-1-2-7)5-20-11-14-15-12-17(11)16-13(22-12)21-6-10(19)8-3-4-8/h7-8H,1-6H2. The van der Waals surface area contributed by atoms with Gasteiger partial charge in [-0.15, -0.1) is 15.3 Å². The van der Waals surface area contributed by atoms with Crippen LogP contribution in [0, 0.1) is 11.8 Å². The maximum atomic E-state index is 11.8. The normalized spacial score (nSPS) is 18.0. The Hall–Kier alpha value is -0.930. The fourth-order valence-corrected chi connectivity index (χ4v) is 4.81. The summed E-state index contributed by atoms with van der Waals surface area (Å²) in [5.41, 5.74) is 0. The maximum absolute atomic E-state index is 11.8. The van der Waals surface area contributed by atoms with Gasteiger partial charge in [0.1, 0.15) is 11.6 Å². The molecule has 0 spiro atoms. The SMILES string of the molecule is O=C(CSc1nn2c(SCC(=O)C3CC3)nnc2s1)C1CC1. The van der Waals surface area contributed by atoms with Crippen LogP contribution in [0.5, 0.6) is 0 Å². The van der Waals surface area contributed by atoms with E-state index in [2.05, 4.69) is 15.3 Å². The molecule has 0 atom stereocenters. The number of nitrogens with zero attached hydrogens (tertiary/aromatic N) is 4. The van der Waals surface area contributed by atoms with Gasteiger partial charge >= 0.3 is 0 Å². The zero-order chi connectivity index (χ0) is 15.1. The van der Waals surface area contributed by atoms with Crippen LogP contribution in [0.25, 0.3) is 4.96 Å². The van der Waals surface area contributed by atoms with Gasteiger partial charge in [0.15, 0.2) is 4.34 Å². The quantitative estimate of drug-likeness (QED) is 0.673. The number of hydrogen-bond acceptors (Lipinski definition) is 8. The van der Waals surface area contributed by atoms with Crippen molar-refractivity contribution in [1.82, 2.24) is 19.8 Å². The summed E-state index contributed by atoms with van der Waals surface area (Å²) in [6.07, 6.45) is 4.14. The Morgan fingerprint density at radius 3 is 2.32 bits per heavy atom. The maximum Gasteiger partial charge on any atom is 0.236 e. The molecule has 9 heteroatoms. The van der Waals surface area contributed by atoms with Crippen molar-refractivity contribution < 1.29 is 9.59 Å². The highest BCUT2D eigenvalue weighted by Gasteiger charge is 2.30. The number of thioether (sulfide) groups is 2. The van der Waals surface area contributed by atoms with E-state index in [0.717, 1.165) is 30.0 Å². The summed E-state index contributed by atoms with van der Waals surface area (Å²) in [6, 6.07) is 0. The molecule has 2 aromatic heterocycles. The van der Waals surface area contributed by atoms with E-state index in [1.807, 2.05) is 0 Å². The summed E-state index contributed by atoms with van der Waals surface area (Å²) in [6.45, 7) is 0. The molecule has 2 fully saturated rings. The van der Waals surface area contributed by atoms with Crippen molar-refractivity contribution in [2.75, 3.05) is 11.5 Å². The largest absolute Gasteiger partial charge is 0.298 e. The molecule has 2 aromatic rings. The van der Waals surface area contributed by atoms with Gasteiger partial charge in [-0.1, -0.05) is 34.9 Å². The van der Waals surface area contributed by atoms with Gasteiger partial charge in [-0.25, -0.2) is 0 Å². The lowest BCUT2D eigenvalue weighted by Crippen LogP contribution is -2.04. The first-order valence-corrected chi connectivity index (χ1v) is 10.0. The number of rotatable bonds is 8. The van der Waals surface area contributed by atoms with Crippen LogP contribution in [0.15, 0.2) is 9.50 Å². The number of ketones is 2. The van der Waals surface area contributed by atoms with Crippen LogP contribution in [0.4, 0.5) is 0 Å². The molecular formula is C13H14N4O2S3. The Morgan fingerprint density at radius 2 is 1.68 bits per heavy atom. The van der Waals surface area contributed by atoms with Gasteiger partial charge in [-0.2, -0.15) is 4.52 Å². The summed E-state index contributed by atoms with van der Waals surface area (Å²) in [7, 11) is 0. The van der Waals surface area contributed by atoms with Crippen LogP contribution < -0.4 is 0 Å². The Labute approximate surface area is 139 Å². The average Bonchev–Trinajstić information content (AvgIpc) is 3.40. The first-order chi connectivity index (χ1) is 10.7. The van der Waals surface area contributed by atoms with Crippen molar-refractivity contribution in [3.05, 3.63) is 0 Å². The Bertz CT molecular complexity index is 733. The topological polar surface area (TPSA) is 77.2 Å². The zero-order valence-corrected chi connectivity index (χ0v) is 14.2. The molecule has 4 rings (SSSR count). The molecule has 0 unspecified atom stereocenters. The first kappa shape index (κ1) is 14.6. The van der Waals surface area contributed by atoms with E-state index in [1.54, 1.807) is 4.52 Å². The molecule has 0 aromatic carbocycles. The number of aromatic nitrogens is 4. The molecule has 0 bridgehead atoms. The Kier molecular flexibility index (Phi) is 3.95. The monoisotopic (exact) mass is 354 g/mol. The third-order valence-corrected chi connectivity index (χ3v) is 6.69. The van der Waals surface area contributed by atoms with Gasteiger partial charge in [0.25, 0.3) is 0 Å². The molecule has 2 heterocycles. The third-order valence-electron chi connectivity index (χ3n) is 3.69. The molecule has 116 valence electrons. The Balaban J connectivity index is 1.39. The molecule has 0 amide bonds. The minimum absolute atomic E-state index is 0.269. The second-order valence-corrected chi connectivity index (χ2v) is 8.72. The lowest BCUT2D eigenvalue weighted by Gasteiger charge is -1.96. The predicted molar refractivity (Wildman–Crippen MR) is 85.6 cm³/mol. The highest BCUT2D eigenvalue weighted by atomic mass is 32.2. The van der Waals surface area contributed by atoms with E-state index in [-0.39, 0.29) is 11.8 Å². The molecule has 2 saturated carbocycles. The van der Waals surface area contributed by atoms with Crippen LogP contribution in [0.1, 0.15) is 25.7 Å². The van der Waals surface area contributed by atoms with Crippen molar-refractivity contribution in [3.8, 4) is 0 Å². The van der Waals surface area contributed by atoms with Crippen molar-refractivity contribution >= 4 is 51.4 Å². The fourth-order valence-electron chi connectivity index (χ4n) is 2.04.